The van der Waals surface area contributed by atoms with Gasteiger partial charge >= 0.3 is 0 Å². The number of terminal acetylenes is 1. The molecule has 50 valence electrons. The molecule has 0 radical (unpaired) electrons. The van der Waals surface area contributed by atoms with E-state index in [1.54, 1.807) is 18.2 Å². The van der Waals surface area contributed by atoms with E-state index < -0.39 is 0 Å². The highest BCUT2D eigenvalue weighted by Crippen LogP contribution is 2.16. The van der Waals surface area contributed by atoms with Crippen LogP contribution < -0.4 is 5.73 Å². The van der Waals surface area contributed by atoms with Crippen molar-refractivity contribution in [2.24, 2.45) is 0 Å². The lowest BCUT2D eigenvalue weighted by molar-refractivity contribution is 1.63. The molecule has 0 aromatic heterocycles. The first-order valence-corrected chi connectivity index (χ1v) is 3.13. The van der Waals surface area contributed by atoms with Gasteiger partial charge in [-0.1, -0.05) is 17.5 Å². The molecule has 0 unspecified atom stereocenters. The molecule has 0 aliphatic rings. The van der Waals surface area contributed by atoms with E-state index in [9.17, 15) is 0 Å². The smallest absolute Gasteiger partial charge is 0.0563 e. The minimum absolute atomic E-state index is 0.566. The third-order valence-electron chi connectivity index (χ3n) is 1.15. The Hall–Kier alpha value is -1.13. The molecular weight excluding hydrogens is 146 g/mol. The summed E-state index contributed by atoms with van der Waals surface area (Å²) in [7, 11) is 0. The standard InChI is InChI=1S/C8H6ClN/c1-2-6-5-7(10)3-4-8(6)9/h1,3-5H,10H2. The van der Waals surface area contributed by atoms with Gasteiger partial charge < -0.3 is 5.73 Å². The van der Waals surface area contributed by atoms with Gasteiger partial charge in [0, 0.05) is 11.3 Å². The summed E-state index contributed by atoms with van der Waals surface area (Å²) in [6, 6.07) is 5.07. The summed E-state index contributed by atoms with van der Waals surface area (Å²) in [5, 5.41) is 0.566. The van der Waals surface area contributed by atoms with Gasteiger partial charge in [0.1, 0.15) is 0 Å². The maximum Gasteiger partial charge on any atom is 0.0563 e. The zero-order chi connectivity index (χ0) is 7.56. The number of anilines is 1. The number of nitrogens with two attached hydrogens (primary N) is 1. The van der Waals surface area contributed by atoms with E-state index in [1.165, 1.54) is 0 Å². The number of nitrogen functional groups attached to an aromatic ring is 1. The minimum atomic E-state index is 0.566. The van der Waals surface area contributed by atoms with Crippen molar-refractivity contribution in [3.05, 3.63) is 28.8 Å². The van der Waals surface area contributed by atoms with Crippen LogP contribution in [0.15, 0.2) is 18.2 Å². The van der Waals surface area contributed by atoms with E-state index in [2.05, 4.69) is 5.92 Å². The van der Waals surface area contributed by atoms with Crippen molar-refractivity contribution in [1.29, 1.82) is 0 Å². The average Bonchev–Trinajstić information content (AvgIpc) is 1.94. The van der Waals surface area contributed by atoms with E-state index >= 15 is 0 Å². The summed E-state index contributed by atoms with van der Waals surface area (Å²) in [6.45, 7) is 0. The zero-order valence-electron chi connectivity index (χ0n) is 5.26. The number of halogens is 1. The molecule has 2 heteroatoms. The molecular formula is C8H6ClN. The topological polar surface area (TPSA) is 26.0 Å². The third kappa shape index (κ3) is 1.23. The third-order valence-corrected chi connectivity index (χ3v) is 1.48. The Balaban J connectivity index is 3.25. The quantitative estimate of drug-likeness (QED) is 0.445. The lowest BCUT2D eigenvalue weighted by Gasteiger charge is -1.95. The van der Waals surface area contributed by atoms with Gasteiger partial charge in [0.05, 0.1) is 5.02 Å². The predicted molar refractivity (Wildman–Crippen MR) is 43.8 cm³/mol. The maximum absolute atomic E-state index is 5.70. The molecule has 0 aliphatic heterocycles. The van der Waals surface area contributed by atoms with Crippen LogP contribution in [-0.2, 0) is 0 Å². The Morgan fingerprint density at radius 2 is 2.20 bits per heavy atom. The molecule has 1 aromatic carbocycles. The van der Waals surface area contributed by atoms with Crippen LogP contribution in [0.3, 0.4) is 0 Å². The van der Waals surface area contributed by atoms with Crippen molar-refractivity contribution in [3.8, 4) is 12.3 Å². The van der Waals surface area contributed by atoms with Gasteiger partial charge in [0.15, 0.2) is 0 Å². The fraction of sp³-hybridized carbons (Fsp3) is 0. The van der Waals surface area contributed by atoms with Gasteiger partial charge in [-0.2, -0.15) is 0 Å². The van der Waals surface area contributed by atoms with Crippen LogP contribution in [0.5, 0.6) is 0 Å². The van der Waals surface area contributed by atoms with E-state index in [0.717, 1.165) is 0 Å². The fourth-order valence-corrected chi connectivity index (χ4v) is 0.826. The molecule has 0 fully saturated rings. The number of rotatable bonds is 0. The molecule has 1 aromatic rings. The fourth-order valence-electron chi connectivity index (χ4n) is 0.654. The van der Waals surface area contributed by atoms with Crippen LogP contribution >= 0.6 is 11.6 Å². The molecule has 0 saturated carbocycles. The monoisotopic (exact) mass is 151 g/mol. The molecule has 0 heterocycles. The number of hydrogen-bond acceptors (Lipinski definition) is 1. The van der Waals surface area contributed by atoms with Crippen molar-refractivity contribution in [2.75, 3.05) is 5.73 Å². The second-order valence-electron chi connectivity index (χ2n) is 1.88. The van der Waals surface area contributed by atoms with E-state index in [4.69, 9.17) is 23.8 Å². The van der Waals surface area contributed by atoms with Crippen molar-refractivity contribution in [1.82, 2.24) is 0 Å². The van der Waals surface area contributed by atoms with Gasteiger partial charge in [0.25, 0.3) is 0 Å². The Morgan fingerprint density at radius 1 is 1.50 bits per heavy atom. The number of hydrogen-bond donors (Lipinski definition) is 1. The molecule has 0 saturated heterocycles. The lowest BCUT2D eigenvalue weighted by Crippen LogP contribution is -1.85. The van der Waals surface area contributed by atoms with Crippen LogP contribution in [0.1, 0.15) is 5.56 Å². The molecule has 0 amide bonds. The summed E-state index contributed by atoms with van der Waals surface area (Å²) < 4.78 is 0. The van der Waals surface area contributed by atoms with E-state index in [0.29, 0.717) is 16.3 Å². The largest absolute Gasteiger partial charge is 0.399 e. The summed E-state index contributed by atoms with van der Waals surface area (Å²) in [5.41, 5.74) is 6.73. The first-order chi connectivity index (χ1) is 4.74. The van der Waals surface area contributed by atoms with E-state index in [1.807, 2.05) is 0 Å². The van der Waals surface area contributed by atoms with Crippen molar-refractivity contribution in [2.45, 2.75) is 0 Å². The highest BCUT2D eigenvalue weighted by Gasteiger charge is 1.94. The molecule has 10 heavy (non-hydrogen) atoms. The van der Waals surface area contributed by atoms with Gasteiger partial charge in [-0.05, 0) is 18.2 Å². The average molecular weight is 152 g/mol. The summed E-state index contributed by atoms with van der Waals surface area (Å²) in [4.78, 5) is 0. The highest BCUT2D eigenvalue weighted by molar-refractivity contribution is 6.31. The molecule has 1 nitrogen and oxygen atoms in total. The van der Waals surface area contributed by atoms with Crippen LogP contribution in [0, 0.1) is 12.3 Å². The Bertz CT molecular complexity index is 286. The van der Waals surface area contributed by atoms with Crippen molar-refractivity contribution >= 4 is 17.3 Å². The van der Waals surface area contributed by atoms with Gasteiger partial charge in [0.2, 0.25) is 0 Å². The molecule has 0 aliphatic carbocycles. The van der Waals surface area contributed by atoms with Gasteiger partial charge in [-0.25, -0.2) is 0 Å². The van der Waals surface area contributed by atoms with E-state index in [-0.39, 0.29) is 0 Å². The Labute approximate surface area is 64.8 Å². The van der Waals surface area contributed by atoms with Crippen molar-refractivity contribution < 1.29 is 0 Å². The minimum Gasteiger partial charge on any atom is -0.399 e. The van der Waals surface area contributed by atoms with Gasteiger partial charge in [-0.3, -0.25) is 0 Å². The summed E-state index contributed by atoms with van der Waals surface area (Å²) >= 11 is 5.70. The van der Waals surface area contributed by atoms with Gasteiger partial charge in [-0.15, -0.1) is 6.42 Å². The number of benzene rings is 1. The summed E-state index contributed by atoms with van der Waals surface area (Å²) in [6.07, 6.45) is 5.13. The van der Waals surface area contributed by atoms with Crippen LogP contribution in [0.25, 0.3) is 0 Å². The second-order valence-corrected chi connectivity index (χ2v) is 2.29. The predicted octanol–water partition coefficient (Wildman–Crippen LogP) is 1.90. The molecule has 0 atom stereocenters. The van der Waals surface area contributed by atoms with Crippen LogP contribution in [-0.4, -0.2) is 0 Å². The first kappa shape index (κ1) is 6.98. The highest BCUT2D eigenvalue weighted by atomic mass is 35.5. The normalized spacial score (nSPS) is 8.80. The molecule has 1 rings (SSSR count). The first-order valence-electron chi connectivity index (χ1n) is 2.75. The maximum atomic E-state index is 5.70. The lowest BCUT2D eigenvalue weighted by atomic mass is 10.2. The molecule has 0 bridgehead atoms. The van der Waals surface area contributed by atoms with Crippen LogP contribution in [0.4, 0.5) is 5.69 Å². The second kappa shape index (κ2) is 2.64. The summed E-state index contributed by atoms with van der Waals surface area (Å²) in [5.74, 6) is 2.42. The van der Waals surface area contributed by atoms with Crippen LogP contribution in [0.2, 0.25) is 5.02 Å². The van der Waals surface area contributed by atoms with Crippen molar-refractivity contribution in [3.63, 3.8) is 0 Å². The Morgan fingerprint density at radius 3 is 2.70 bits per heavy atom. The Kier molecular flexibility index (Phi) is 1.84. The SMILES string of the molecule is C#Cc1cc(N)ccc1Cl. The zero-order valence-corrected chi connectivity index (χ0v) is 6.02. The molecule has 0 spiro atoms. The molecule has 2 N–H and O–H groups in total.